The molecule has 1 unspecified atom stereocenters. The average Bonchev–Trinajstić information content (AvgIpc) is 2.99. The van der Waals surface area contributed by atoms with Crippen LogP contribution in [0.1, 0.15) is 30.5 Å². The van der Waals surface area contributed by atoms with E-state index in [-0.39, 0.29) is 12.0 Å². The zero-order chi connectivity index (χ0) is 18.7. The molecule has 0 aliphatic carbocycles. The fraction of sp³-hybridized carbons (Fsp3) is 0.571. The third-order valence-corrected chi connectivity index (χ3v) is 5.07. The van der Waals surface area contributed by atoms with Crippen LogP contribution in [0.4, 0.5) is 0 Å². The molecule has 1 N–H and O–H groups in total. The number of rotatable bonds is 6. The predicted octanol–water partition coefficient (Wildman–Crippen LogP) is 3.07. The average molecular weight is 358 g/mol. The Kier molecular flexibility index (Phi) is 5.99. The minimum atomic E-state index is 0.00973. The van der Waals surface area contributed by atoms with E-state index < -0.39 is 0 Å². The maximum atomic E-state index is 12.4. The molecule has 1 aliphatic heterocycles. The molecule has 1 aromatic heterocycles. The summed E-state index contributed by atoms with van der Waals surface area (Å²) in [5.41, 5.74) is 4.15. The maximum absolute atomic E-state index is 12.4. The highest BCUT2D eigenvalue weighted by Gasteiger charge is 2.21. The van der Waals surface area contributed by atoms with Crippen LogP contribution in [-0.2, 0) is 16.0 Å². The Labute approximate surface area is 155 Å². The lowest BCUT2D eigenvalue weighted by Crippen LogP contribution is -2.48. The third-order valence-electron chi connectivity index (χ3n) is 5.07. The summed E-state index contributed by atoms with van der Waals surface area (Å²) in [6.07, 6.45) is 2.10. The Balaban J connectivity index is 1.54. The van der Waals surface area contributed by atoms with E-state index in [1.165, 1.54) is 5.56 Å². The van der Waals surface area contributed by atoms with E-state index in [9.17, 15) is 4.79 Å². The number of carbonyl (C=O) groups excluding carboxylic acids is 1. The Morgan fingerprint density at radius 2 is 2.15 bits per heavy atom. The summed E-state index contributed by atoms with van der Waals surface area (Å²) in [5, 5.41) is 4.05. The third kappa shape index (κ3) is 4.46. The van der Waals surface area contributed by atoms with Gasteiger partial charge in [-0.15, -0.1) is 0 Å². The zero-order valence-corrected chi connectivity index (χ0v) is 16.3. The van der Waals surface area contributed by atoms with Crippen molar-refractivity contribution < 1.29 is 13.9 Å². The van der Waals surface area contributed by atoms with Crippen molar-refractivity contribution in [1.29, 1.82) is 0 Å². The number of nitrogens with one attached hydrogen (secondary N) is 1. The first-order chi connectivity index (χ1) is 12.4. The van der Waals surface area contributed by atoms with Gasteiger partial charge in [-0.3, -0.25) is 9.69 Å². The standard InChI is InChI=1S/C21H30N2O3/c1-14(2)11-23-7-8-25-18(12-23)10-22-20(24)9-17-13-26-21-16(4)15(3)5-6-19(17)21/h5-6,13-14,18H,7-12H2,1-4H3,(H,22,24). The highest BCUT2D eigenvalue weighted by molar-refractivity contribution is 5.89. The van der Waals surface area contributed by atoms with Crippen LogP contribution in [0.25, 0.3) is 11.0 Å². The number of nitrogens with zero attached hydrogens (tertiary/aromatic N) is 1. The highest BCUT2D eigenvalue weighted by atomic mass is 16.5. The highest BCUT2D eigenvalue weighted by Crippen LogP contribution is 2.26. The van der Waals surface area contributed by atoms with E-state index in [0.29, 0.717) is 18.9 Å². The van der Waals surface area contributed by atoms with Crippen LogP contribution in [0, 0.1) is 19.8 Å². The molecular weight excluding hydrogens is 328 g/mol. The molecule has 1 atom stereocenters. The monoisotopic (exact) mass is 358 g/mol. The van der Waals surface area contributed by atoms with E-state index in [2.05, 4.69) is 37.1 Å². The summed E-state index contributed by atoms with van der Waals surface area (Å²) in [5.74, 6) is 0.653. The molecule has 3 rings (SSSR count). The minimum absolute atomic E-state index is 0.00973. The van der Waals surface area contributed by atoms with Crippen molar-refractivity contribution in [2.45, 2.75) is 40.2 Å². The molecule has 0 spiro atoms. The minimum Gasteiger partial charge on any atom is -0.464 e. The van der Waals surface area contributed by atoms with Gasteiger partial charge in [-0.25, -0.2) is 0 Å². The molecule has 5 heteroatoms. The van der Waals surface area contributed by atoms with Gasteiger partial charge in [0.1, 0.15) is 5.58 Å². The largest absolute Gasteiger partial charge is 0.464 e. The van der Waals surface area contributed by atoms with E-state index in [1.807, 2.05) is 13.0 Å². The van der Waals surface area contributed by atoms with Crippen molar-refractivity contribution >= 4 is 16.9 Å². The quantitative estimate of drug-likeness (QED) is 0.862. The fourth-order valence-electron chi connectivity index (χ4n) is 3.57. The SMILES string of the molecule is Cc1ccc2c(CC(=O)NCC3CN(CC(C)C)CCO3)coc2c1C. The second kappa shape index (κ2) is 8.23. The van der Waals surface area contributed by atoms with E-state index in [4.69, 9.17) is 9.15 Å². The number of aryl methyl sites for hydroxylation is 2. The van der Waals surface area contributed by atoms with Gasteiger partial charge in [-0.1, -0.05) is 26.0 Å². The topological polar surface area (TPSA) is 54.7 Å². The van der Waals surface area contributed by atoms with Crippen LogP contribution in [-0.4, -0.2) is 49.7 Å². The maximum Gasteiger partial charge on any atom is 0.224 e. The van der Waals surface area contributed by atoms with Gasteiger partial charge in [0.2, 0.25) is 5.91 Å². The molecule has 26 heavy (non-hydrogen) atoms. The molecule has 1 aromatic carbocycles. The molecule has 0 radical (unpaired) electrons. The van der Waals surface area contributed by atoms with Crippen LogP contribution < -0.4 is 5.32 Å². The lowest BCUT2D eigenvalue weighted by molar-refractivity contribution is -0.121. The molecule has 1 saturated heterocycles. The summed E-state index contributed by atoms with van der Waals surface area (Å²) >= 11 is 0. The van der Waals surface area contributed by atoms with Crippen LogP contribution >= 0.6 is 0 Å². The van der Waals surface area contributed by atoms with Gasteiger partial charge in [-0.2, -0.15) is 0 Å². The van der Waals surface area contributed by atoms with E-state index >= 15 is 0 Å². The first-order valence-electron chi connectivity index (χ1n) is 9.51. The van der Waals surface area contributed by atoms with Gasteiger partial charge in [-0.05, 0) is 30.9 Å². The molecule has 5 nitrogen and oxygen atoms in total. The molecule has 0 bridgehead atoms. The van der Waals surface area contributed by atoms with Gasteiger partial charge in [0.05, 0.1) is 25.4 Å². The molecular formula is C21H30N2O3. The van der Waals surface area contributed by atoms with Crippen LogP contribution in [0.5, 0.6) is 0 Å². The molecule has 1 aliphatic rings. The molecule has 1 fully saturated rings. The Hall–Kier alpha value is -1.85. The van der Waals surface area contributed by atoms with Gasteiger partial charge in [0, 0.05) is 37.1 Å². The summed E-state index contributed by atoms with van der Waals surface area (Å²) < 4.78 is 11.5. The van der Waals surface area contributed by atoms with Crippen molar-refractivity contribution in [3.05, 3.63) is 35.1 Å². The van der Waals surface area contributed by atoms with Crippen LogP contribution in [0.15, 0.2) is 22.8 Å². The Bertz CT molecular complexity index is 766. The smallest absolute Gasteiger partial charge is 0.224 e. The van der Waals surface area contributed by atoms with Crippen molar-refractivity contribution in [3.63, 3.8) is 0 Å². The zero-order valence-electron chi connectivity index (χ0n) is 16.3. The lowest BCUT2D eigenvalue weighted by atomic mass is 10.0. The van der Waals surface area contributed by atoms with Gasteiger partial charge in [0.25, 0.3) is 0 Å². The number of fused-ring (bicyclic) bond motifs is 1. The number of hydrogen-bond donors (Lipinski definition) is 1. The Morgan fingerprint density at radius 1 is 1.35 bits per heavy atom. The number of ether oxygens (including phenoxy) is 1. The normalized spacial score (nSPS) is 18.6. The number of amides is 1. The first-order valence-corrected chi connectivity index (χ1v) is 9.51. The number of furan rings is 1. The molecule has 2 heterocycles. The van der Waals surface area contributed by atoms with Gasteiger partial charge >= 0.3 is 0 Å². The summed E-state index contributed by atoms with van der Waals surface area (Å²) in [4.78, 5) is 14.8. The van der Waals surface area contributed by atoms with Crippen molar-refractivity contribution in [3.8, 4) is 0 Å². The number of morpholine rings is 1. The summed E-state index contributed by atoms with van der Waals surface area (Å²) in [6, 6.07) is 4.12. The number of carbonyl (C=O) groups is 1. The molecule has 0 saturated carbocycles. The molecule has 142 valence electrons. The van der Waals surface area contributed by atoms with Crippen molar-refractivity contribution in [2.75, 3.05) is 32.8 Å². The fourth-order valence-corrected chi connectivity index (χ4v) is 3.57. The lowest BCUT2D eigenvalue weighted by Gasteiger charge is -2.33. The molecule has 1 amide bonds. The Morgan fingerprint density at radius 3 is 2.92 bits per heavy atom. The van der Waals surface area contributed by atoms with Crippen molar-refractivity contribution in [2.24, 2.45) is 5.92 Å². The van der Waals surface area contributed by atoms with Crippen molar-refractivity contribution in [1.82, 2.24) is 10.2 Å². The van der Waals surface area contributed by atoms with Crippen LogP contribution in [0.3, 0.4) is 0 Å². The van der Waals surface area contributed by atoms with Crippen LogP contribution in [0.2, 0.25) is 0 Å². The predicted molar refractivity (Wildman–Crippen MR) is 103 cm³/mol. The van der Waals surface area contributed by atoms with Gasteiger partial charge < -0.3 is 14.5 Å². The summed E-state index contributed by atoms with van der Waals surface area (Å²) in [6.45, 7) is 12.8. The van der Waals surface area contributed by atoms with Gasteiger partial charge in [0.15, 0.2) is 0 Å². The van der Waals surface area contributed by atoms with E-state index in [1.54, 1.807) is 6.26 Å². The number of hydrogen-bond acceptors (Lipinski definition) is 4. The number of benzene rings is 1. The van der Waals surface area contributed by atoms with E-state index in [0.717, 1.165) is 48.3 Å². The second-order valence-corrected chi connectivity index (χ2v) is 7.77. The first kappa shape index (κ1) is 18.9. The second-order valence-electron chi connectivity index (χ2n) is 7.77. The molecule has 2 aromatic rings. The summed E-state index contributed by atoms with van der Waals surface area (Å²) in [7, 11) is 0.